The Kier molecular flexibility index (Phi) is 7.56. The molecule has 2 amide bonds. The average molecular weight is 503 g/mol. The molecule has 0 radical (unpaired) electrons. The molecule has 0 bridgehead atoms. The van der Waals surface area contributed by atoms with Crippen LogP contribution in [0.15, 0.2) is 29.8 Å². The van der Waals surface area contributed by atoms with E-state index in [1.165, 1.54) is 23.3 Å². The normalized spacial score (nSPS) is 22.3. The summed E-state index contributed by atoms with van der Waals surface area (Å²) in [4.78, 5) is 45.6. The molecule has 0 aliphatic carbocycles. The quantitative estimate of drug-likeness (QED) is 0.299. The molecule has 0 unspecified atom stereocenters. The van der Waals surface area contributed by atoms with Gasteiger partial charge in [-0.2, -0.15) is 0 Å². The van der Waals surface area contributed by atoms with Crippen LogP contribution in [0.4, 0.5) is 0 Å². The molecule has 1 aliphatic heterocycles. The Morgan fingerprint density at radius 2 is 2.03 bits per heavy atom. The van der Waals surface area contributed by atoms with Gasteiger partial charge in [0.1, 0.15) is 16.3 Å². The van der Waals surface area contributed by atoms with Crippen LogP contribution in [-0.2, 0) is 15.0 Å². The van der Waals surface area contributed by atoms with E-state index in [9.17, 15) is 19.5 Å². The van der Waals surface area contributed by atoms with Crippen molar-refractivity contribution in [2.24, 2.45) is 17.7 Å². The van der Waals surface area contributed by atoms with E-state index < -0.39 is 35.3 Å². The summed E-state index contributed by atoms with van der Waals surface area (Å²) in [5.74, 6) is 2.89. The van der Waals surface area contributed by atoms with Gasteiger partial charge in [-0.3, -0.25) is 15.0 Å². The number of nitrogens with one attached hydrogen (secondary N) is 1. The predicted molar refractivity (Wildman–Crippen MR) is 133 cm³/mol. The lowest BCUT2D eigenvalue weighted by Gasteiger charge is -2.38. The van der Waals surface area contributed by atoms with Crippen molar-refractivity contribution in [3.63, 3.8) is 0 Å². The van der Waals surface area contributed by atoms with Crippen molar-refractivity contribution in [1.29, 1.82) is 0 Å². The highest BCUT2D eigenvalue weighted by molar-refractivity contribution is 7.09. The SMILES string of the molecule is COc1cc(C(=O)N2[C@@H](c3nccs3)[C@H](C(=O)NN)C[C@@]2(CC(C)C)C(=O)O)ccc1C(C)(C)C. The Morgan fingerprint density at radius 3 is 2.51 bits per heavy atom. The molecule has 1 fully saturated rings. The minimum absolute atomic E-state index is 0.0594. The topological polar surface area (TPSA) is 135 Å². The summed E-state index contributed by atoms with van der Waals surface area (Å²) in [5, 5.41) is 12.7. The Bertz CT molecular complexity index is 1100. The number of aliphatic carboxylic acids is 1. The molecule has 0 saturated carbocycles. The van der Waals surface area contributed by atoms with Gasteiger partial charge in [-0.05, 0) is 41.9 Å². The number of carbonyl (C=O) groups excluding carboxylic acids is 2. The Hall–Kier alpha value is -2.98. The maximum atomic E-state index is 14.2. The third-order valence-electron chi connectivity index (χ3n) is 6.48. The summed E-state index contributed by atoms with van der Waals surface area (Å²) in [7, 11) is 1.54. The molecule has 3 rings (SSSR count). The number of benzene rings is 1. The van der Waals surface area contributed by atoms with Crippen molar-refractivity contribution in [3.8, 4) is 5.75 Å². The van der Waals surface area contributed by atoms with E-state index in [2.05, 4.69) is 10.4 Å². The molecular formula is C25H34N4O5S. The first-order valence-electron chi connectivity index (χ1n) is 11.5. The van der Waals surface area contributed by atoms with Crippen LogP contribution in [0.3, 0.4) is 0 Å². The minimum Gasteiger partial charge on any atom is -0.496 e. The van der Waals surface area contributed by atoms with Crippen LogP contribution in [0.1, 0.15) is 74.4 Å². The van der Waals surface area contributed by atoms with Gasteiger partial charge >= 0.3 is 5.97 Å². The van der Waals surface area contributed by atoms with Crippen LogP contribution in [0.2, 0.25) is 0 Å². The first kappa shape index (κ1) is 26.6. The van der Waals surface area contributed by atoms with Gasteiger partial charge in [0.15, 0.2) is 0 Å². The molecule has 0 spiro atoms. The van der Waals surface area contributed by atoms with Crippen molar-refractivity contribution in [2.45, 2.75) is 64.5 Å². The molecule has 3 atom stereocenters. The number of carboxylic acid groups (broad SMARTS) is 1. The number of amides is 2. The monoisotopic (exact) mass is 502 g/mol. The van der Waals surface area contributed by atoms with Crippen LogP contribution in [0.25, 0.3) is 0 Å². The van der Waals surface area contributed by atoms with E-state index in [-0.39, 0.29) is 29.7 Å². The molecule has 35 heavy (non-hydrogen) atoms. The summed E-state index contributed by atoms with van der Waals surface area (Å²) >= 11 is 1.27. The fourth-order valence-electron chi connectivity index (χ4n) is 5.06. The second-order valence-electron chi connectivity index (χ2n) is 10.4. The molecule has 10 heteroatoms. The van der Waals surface area contributed by atoms with Crippen LogP contribution in [-0.4, -0.2) is 45.4 Å². The Labute approximate surface area is 209 Å². The number of nitrogens with zero attached hydrogens (tertiary/aromatic N) is 2. The van der Waals surface area contributed by atoms with Crippen molar-refractivity contribution in [1.82, 2.24) is 15.3 Å². The van der Waals surface area contributed by atoms with Gasteiger partial charge in [0.05, 0.1) is 19.1 Å². The van der Waals surface area contributed by atoms with Gasteiger partial charge in [0, 0.05) is 17.1 Å². The number of rotatable bonds is 7. The van der Waals surface area contributed by atoms with Crippen LogP contribution < -0.4 is 16.0 Å². The second kappa shape index (κ2) is 9.94. The first-order chi connectivity index (χ1) is 16.4. The molecule has 2 heterocycles. The number of carboxylic acids is 1. The van der Waals surface area contributed by atoms with Gasteiger partial charge in [-0.25, -0.2) is 15.6 Å². The lowest BCUT2D eigenvalue weighted by atomic mass is 9.83. The maximum absolute atomic E-state index is 14.2. The number of nitrogens with two attached hydrogens (primary N) is 1. The van der Waals surface area contributed by atoms with E-state index in [0.29, 0.717) is 10.8 Å². The third-order valence-corrected chi connectivity index (χ3v) is 7.33. The van der Waals surface area contributed by atoms with Crippen LogP contribution in [0.5, 0.6) is 5.75 Å². The summed E-state index contributed by atoms with van der Waals surface area (Å²) < 4.78 is 5.59. The average Bonchev–Trinajstić information content (AvgIpc) is 3.43. The van der Waals surface area contributed by atoms with Crippen molar-refractivity contribution in [2.75, 3.05) is 7.11 Å². The summed E-state index contributed by atoms with van der Waals surface area (Å²) in [6, 6.07) is 4.27. The molecule has 1 aromatic carbocycles. The van der Waals surface area contributed by atoms with Gasteiger partial charge < -0.3 is 14.7 Å². The highest BCUT2D eigenvalue weighted by Crippen LogP contribution is 2.51. The van der Waals surface area contributed by atoms with Gasteiger partial charge in [0.2, 0.25) is 5.91 Å². The van der Waals surface area contributed by atoms with E-state index in [4.69, 9.17) is 10.6 Å². The zero-order valence-electron chi connectivity index (χ0n) is 21.0. The summed E-state index contributed by atoms with van der Waals surface area (Å²) in [6.07, 6.45) is 1.67. The molecule has 9 nitrogen and oxygen atoms in total. The minimum atomic E-state index is -1.62. The van der Waals surface area contributed by atoms with E-state index in [0.717, 1.165) is 5.56 Å². The standard InChI is InChI=1S/C25H34N4O5S/c1-14(2)12-25(23(32)33)13-16(20(30)28-26)19(21-27-9-10-35-21)29(25)22(31)15-7-8-17(24(3,4)5)18(11-15)34-6/h7-11,14,16,19H,12-13,26H2,1-6H3,(H,28,30)(H,32,33)/t16-,19-,25+/m1/s1. The summed E-state index contributed by atoms with van der Waals surface area (Å²) in [5.41, 5.74) is 1.51. The highest BCUT2D eigenvalue weighted by Gasteiger charge is 2.61. The zero-order valence-corrected chi connectivity index (χ0v) is 21.8. The van der Waals surface area contributed by atoms with Crippen LogP contribution in [0, 0.1) is 11.8 Å². The molecule has 2 aromatic rings. The molecule has 1 saturated heterocycles. The first-order valence-corrected chi connectivity index (χ1v) is 12.4. The number of hydrogen-bond acceptors (Lipinski definition) is 7. The fraction of sp³-hybridized carbons (Fsp3) is 0.520. The van der Waals surface area contributed by atoms with Crippen molar-refractivity contribution >= 4 is 29.1 Å². The van der Waals surface area contributed by atoms with Gasteiger partial charge in [-0.1, -0.05) is 40.7 Å². The van der Waals surface area contributed by atoms with E-state index in [1.54, 1.807) is 23.7 Å². The molecule has 4 N–H and O–H groups in total. The lowest BCUT2D eigenvalue weighted by molar-refractivity contribution is -0.150. The van der Waals surface area contributed by atoms with E-state index in [1.807, 2.05) is 40.7 Å². The number of likely N-dealkylation sites (tertiary alicyclic amines) is 1. The third kappa shape index (κ3) is 4.90. The predicted octanol–water partition coefficient (Wildman–Crippen LogP) is 3.51. The number of hydrazine groups is 1. The lowest BCUT2D eigenvalue weighted by Crippen LogP contribution is -2.54. The molecule has 190 valence electrons. The maximum Gasteiger partial charge on any atom is 0.329 e. The highest BCUT2D eigenvalue weighted by atomic mass is 32.1. The number of methoxy groups -OCH3 is 1. The van der Waals surface area contributed by atoms with Gasteiger partial charge in [-0.15, -0.1) is 11.3 Å². The Morgan fingerprint density at radius 1 is 1.34 bits per heavy atom. The molecule has 1 aromatic heterocycles. The number of thiazole rings is 1. The van der Waals surface area contributed by atoms with Crippen LogP contribution >= 0.6 is 11.3 Å². The van der Waals surface area contributed by atoms with E-state index >= 15 is 0 Å². The number of hydrogen-bond donors (Lipinski definition) is 3. The van der Waals surface area contributed by atoms with Gasteiger partial charge in [0.25, 0.3) is 5.91 Å². The molecular weight excluding hydrogens is 468 g/mol. The summed E-state index contributed by atoms with van der Waals surface area (Å²) in [6.45, 7) is 9.91. The number of carbonyl (C=O) groups is 3. The Balaban J connectivity index is 2.24. The van der Waals surface area contributed by atoms with Crippen molar-refractivity contribution in [3.05, 3.63) is 45.9 Å². The number of aromatic nitrogens is 1. The zero-order chi connectivity index (χ0) is 26.1. The largest absolute Gasteiger partial charge is 0.496 e. The second-order valence-corrected chi connectivity index (χ2v) is 11.3. The molecule has 1 aliphatic rings. The number of ether oxygens (including phenoxy) is 1. The van der Waals surface area contributed by atoms with Crippen molar-refractivity contribution < 1.29 is 24.2 Å². The smallest absolute Gasteiger partial charge is 0.329 e. The fourth-order valence-corrected chi connectivity index (χ4v) is 5.86.